The minimum Gasteiger partial charge on any atom is -0.393 e. The molecule has 0 aliphatic carbocycles. The first kappa shape index (κ1) is 12.5. The van der Waals surface area contributed by atoms with Crippen LogP contribution in [0.2, 0.25) is 0 Å². The maximum atomic E-state index is 9.71. The van der Waals surface area contributed by atoms with Crippen molar-refractivity contribution in [3.05, 3.63) is 6.20 Å². The van der Waals surface area contributed by atoms with Crippen molar-refractivity contribution >= 4 is 22.8 Å². The monoisotopic (exact) mass is 253 g/mol. The van der Waals surface area contributed by atoms with Crippen LogP contribution in [0.3, 0.4) is 0 Å². The Balaban J connectivity index is 2.28. The average molecular weight is 253 g/mol. The maximum Gasteiger partial charge on any atom is 0.241 e. The van der Waals surface area contributed by atoms with E-state index in [1.54, 1.807) is 6.20 Å². The van der Waals surface area contributed by atoms with Crippen molar-refractivity contribution in [2.24, 2.45) is 5.84 Å². The molecule has 2 aromatic rings. The van der Waals surface area contributed by atoms with Gasteiger partial charge in [0.15, 0.2) is 5.65 Å². The summed E-state index contributed by atoms with van der Waals surface area (Å²) in [6.45, 7) is 1.28. The van der Waals surface area contributed by atoms with Crippen LogP contribution in [0.5, 0.6) is 0 Å². The third-order valence-electron chi connectivity index (χ3n) is 2.42. The molecule has 2 heterocycles. The van der Waals surface area contributed by atoms with E-state index in [0.29, 0.717) is 16.9 Å². The highest BCUT2D eigenvalue weighted by Crippen LogP contribution is 2.20. The van der Waals surface area contributed by atoms with Crippen molar-refractivity contribution < 1.29 is 10.2 Å². The summed E-state index contributed by atoms with van der Waals surface area (Å²) in [6, 6.07) is 0. The third kappa shape index (κ3) is 2.47. The number of nitrogens with one attached hydrogen (secondary N) is 3. The molecule has 2 rings (SSSR count). The molecule has 7 N–H and O–H groups in total. The van der Waals surface area contributed by atoms with Crippen LogP contribution in [0.15, 0.2) is 6.20 Å². The van der Waals surface area contributed by atoms with Crippen molar-refractivity contribution in [2.75, 3.05) is 23.9 Å². The zero-order valence-electron chi connectivity index (χ0n) is 9.80. The average Bonchev–Trinajstić information content (AvgIpc) is 2.84. The van der Waals surface area contributed by atoms with E-state index in [9.17, 15) is 5.11 Å². The molecule has 0 saturated carbocycles. The highest BCUT2D eigenvalue weighted by Gasteiger charge is 2.19. The van der Waals surface area contributed by atoms with Crippen LogP contribution in [0.1, 0.15) is 6.92 Å². The smallest absolute Gasteiger partial charge is 0.241 e. The van der Waals surface area contributed by atoms with Crippen LogP contribution in [-0.2, 0) is 0 Å². The number of aromatic nitrogens is 4. The van der Waals surface area contributed by atoms with Gasteiger partial charge >= 0.3 is 0 Å². The Morgan fingerprint density at radius 2 is 2.28 bits per heavy atom. The first-order valence-corrected chi connectivity index (χ1v) is 5.30. The van der Waals surface area contributed by atoms with Crippen molar-refractivity contribution in [2.45, 2.75) is 12.5 Å². The first-order chi connectivity index (χ1) is 8.55. The molecule has 0 aromatic carbocycles. The lowest BCUT2D eigenvalue weighted by molar-refractivity contribution is 0.0132. The van der Waals surface area contributed by atoms with Crippen molar-refractivity contribution in [3.63, 3.8) is 0 Å². The van der Waals surface area contributed by atoms with Crippen molar-refractivity contribution in [1.29, 1.82) is 0 Å². The Kier molecular flexibility index (Phi) is 3.28. The van der Waals surface area contributed by atoms with Gasteiger partial charge in [0.2, 0.25) is 5.95 Å². The van der Waals surface area contributed by atoms with Crippen LogP contribution < -0.4 is 16.6 Å². The van der Waals surface area contributed by atoms with E-state index >= 15 is 0 Å². The molecule has 0 aliphatic heterocycles. The predicted molar refractivity (Wildman–Crippen MR) is 65.7 cm³/mol. The molecule has 0 amide bonds. The molecule has 0 spiro atoms. The Morgan fingerprint density at radius 1 is 1.50 bits per heavy atom. The van der Waals surface area contributed by atoms with Crippen molar-refractivity contribution in [3.8, 4) is 0 Å². The molecule has 0 bridgehead atoms. The molecule has 98 valence electrons. The summed E-state index contributed by atoms with van der Waals surface area (Å²) in [5.74, 6) is 5.95. The number of nitrogen functional groups attached to an aromatic ring is 1. The molecule has 18 heavy (non-hydrogen) atoms. The van der Waals surface area contributed by atoms with Gasteiger partial charge in [0.25, 0.3) is 0 Å². The lowest BCUT2D eigenvalue weighted by Crippen LogP contribution is -2.37. The van der Waals surface area contributed by atoms with Gasteiger partial charge in [-0.05, 0) is 6.92 Å². The maximum absolute atomic E-state index is 9.71. The lowest BCUT2D eigenvalue weighted by atomic mass is 10.1. The van der Waals surface area contributed by atoms with E-state index in [1.165, 1.54) is 6.92 Å². The number of hydrogen-bond acceptors (Lipinski definition) is 8. The minimum atomic E-state index is -1.24. The highest BCUT2D eigenvalue weighted by molar-refractivity contribution is 5.86. The third-order valence-corrected chi connectivity index (χ3v) is 2.42. The molecule has 2 aromatic heterocycles. The fourth-order valence-corrected chi connectivity index (χ4v) is 1.36. The molecule has 9 nitrogen and oxygen atoms in total. The van der Waals surface area contributed by atoms with Crippen LogP contribution in [0.4, 0.5) is 11.8 Å². The van der Waals surface area contributed by atoms with E-state index in [4.69, 9.17) is 10.9 Å². The molecule has 1 unspecified atom stereocenters. The summed E-state index contributed by atoms with van der Waals surface area (Å²) in [7, 11) is 0. The van der Waals surface area contributed by atoms with Gasteiger partial charge in [0.1, 0.15) is 11.4 Å². The van der Waals surface area contributed by atoms with Crippen LogP contribution in [-0.4, -0.2) is 49.1 Å². The summed E-state index contributed by atoms with van der Waals surface area (Å²) >= 11 is 0. The van der Waals surface area contributed by atoms with Gasteiger partial charge in [-0.25, -0.2) is 5.84 Å². The summed E-state index contributed by atoms with van der Waals surface area (Å²) in [5.41, 5.74) is 1.62. The van der Waals surface area contributed by atoms with E-state index in [2.05, 4.69) is 30.9 Å². The second kappa shape index (κ2) is 4.72. The van der Waals surface area contributed by atoms with Gasteiger partial charge in [-0.2, -0.15) is 15.1 Å². The molecular weight excluding hydrogens is 238 g/mol. The number of H-pyrrole nitrogens is 1. The number of rotatable bonds is 5. The fraction of sp³-hybridized carbons (Fsp3) is 0.444. The second-order valence-electron chi connectivity index (χ2n) is 4.18. The first-order valence-electron chi connectivity index (χ1n) is 5.30. The largest absolute Gasteiger partial charge is 0.393 e. The number of aliphatic hydroxyl groups is 2. The van der Waals surface area contributed by atoms with Gasteiger partial charge in [0, 0.05) is 6.54 Å². The van der Waals surface area contributed by atoms with Crippen LogP contribution in [0, 0.1) is 0 Å². The molecular formula is C9H15N7O2. The molecule has 0 fully saturated rings. The van der Waals surface area contributed by atoms with E-state index in [-0.39, 0.29) is 19.1 Å². The number of nitrogens with two attached hydrogens (primary N) is 1. The molecule has 0 radical (unpaired) electrons. The zero-order valence-corrected chi connectivity index (χ0v) is 9.80. The summed E-state index contributed by atoms with van der Waals surface area (Å²) in [6.07, 6.45) is 1.56. The molecule has 0 aliphatic rings. The van der Waals surface area contributed by atoms with Gasteiger partial charge in [-0.1, -0.05) is 0 Å². The quantitative estimate of drug-likeness (QED) is 0.287. The number of anilines is 2. The summed E-state index contributed by atoms with van der Waals surface area (Å²) in [4.78, 5) is 8.18. The highest BCUT2D eigenvalue weighted by atomic mass is 16.3. The number of hydrazine groups is 1. The SMILES string of the molecule is CC(O)(CO)CNc1nc(NN)nc2[nH]ncc12. The van der Waals surface area contributed by atoms with E-state index in [0.717, 1.165) is 0 Å². The Labute approximate surface area is 102 Å². The molecule has 1 atom stereocenters. The zero-order chi connectivity index (χ0) is 13.2. The minimum absolute atomic E-state index is 0.130. The number of fused-ring (bicyclic) bond motifs is 1. The Hall–Kier alpha value is -1.97. The normalized spacial score (nSPS) is 14.4. The van der Waals surface area contributed by atoms with Crippen LogP contribution >= 0.6 is 0 Å². The predicted octanol–water partition coefficient (Wildman–Crippen LogP) is -1.21. The number of hydrogen-bond donors (Lipinski definition) is 6. The van der Waals surface area contributed by atoms with Gasteiger partial charge in [-0.3, -0.25) is 10.5 Å². The topological polar surface area (TPSA) is 145 Å². The lowest BCUT2D eigenvalue weighted by Gasteiger charge is -2.21. The Morgan fingerprint density at radius 3 is 2.94 bits per heavy atom. The van der Waals surface area contributed by atoms with E-state index < -0.39 is 5.60 Å². The Bertz CT molecular complexity index is 539. The number of aliphatic hydroxyl groups excluding tert-OH is 1. The number of nitrogens with zero attached hydrogens (tertiary/aromatic N) is 3. The fourth-order valence-electron chi connectivity index (χ4n) is 1.36. The van der Waals surface area contributed by atoms with Crippen molar-refractivity contribution in [1.82, 2.24) is 20.2 Å². The van der Waals surface area contributed by atoms with Gasteiger partial charge in [0.05, 0.1) is 18.2 Å². The van der Waals surface area contributed by atoms with E-state index in [1.807, 2.05) is 0 Å². The summed E-state index contributed by atoms with van der Waals surface area (Å²) < 4.78 is 0. The second-order valence-corrected chi connectivity index (χ2v) is 4.18. The van der Waals surface area contributed by atoms with Gasteiger partial charge in [-0.15, -0.1) is 0 Å². The number of aromatic amines is 1. The van der Waals surface area contributed by atoms with Gasteiger partial charge < -0.3 is 15.5 Å². The molecule has 0 saturated heterocycles. The van der Waals surface area contributed by atoms with Crippen LogP contribution in [0.25, 0.3) is 11.0 Å². The molecule has 9 heteroatoms. The standard InChI is InChI=1S/C9H15N7O2/c1-9(18,4-17)3-11-6-5-2-12-16-7(5)14-8(13-6)15-10/h2,17-18H,3-4,10H2,1H3,(H3,11,12,13,14,15,16). The summed E-state index contributed by atoms with van der Waals surface area (Å²) in [5, 5.41) is 28.8.